The number of carboxylic acids is 1. The van der Waals surface area contributed by atoms with Crippen LogP contribution < -0.4 is 5.32 Å². The molecule has 104 valence electrons. The van der Waals surface area contributed by atoms with E-state index in [1.54, 1.807) is 0 Å². The number of ether oxygens (including phenoxy) is 1. The molecule has 1 rings (SSSR count). The Kier molecular flexibility index (Phi) is 5.13. The molecule has 4 N–H and O–H groups in total. The number of aromatic hydroxyl groups is 2. The highest BCUT2D eigenvalue weighted by molar-refractivity contribution is 5.97. The first-order chi connectivity index (χ1) is 8.93. The molecule has 0 aliphatic carbocycles. The molecule has 1 unspecified atom stereocenters. The van der Waals surface area contributed by atoms with Crippen molar-refractivity contribution in [2.24, 2.45) is 0 Å². The molecule has 1 aromatic carbocycles. The van der Waals surface area contributed by atoms with Gasteiger partial charge in [-0.3, -0.25) is 9.59 Å². The second-order valence-corrected chi connectivity index (χ2v) is 3.87. The highest BCUT2D eigenvalue weighted by Crippen LogP contribution is 2.21. The first kappa shape index (κ1) is 14.8. The number of carbonyl (C=O) groups is 2. The number of nitrogens with one attached hydrogen (secondary N) is 1. The normalized spacial score (nSPS) is 11.8. The van der Waals surface area contributed by atoms with Crippen molar-refractivity contribution in [3.63, 3.8) is 0 Å². The third-order valence-corrected chi connectivity index (χ3v) is 2.45. The first-order valence-electron chi connectivity index (χ1n) is 5.48. The molecule has 0 radical (unpaired) electrons. The van der Waals surface area contributed by atoms with E-state index >= 15 is 0 Å². The molecule has 1 atom stereocenters. The lowest BCUT2D eigenvalue weighted by atomic mass is 10.1. The zero-order chi connectivity index (χ0) is 14.4. The number of hydrogen-bond donors (Lipinski definition) is 4. The molecule has 19 heavy (non-hydrogen) atoms. The third kappa shape index (κ3) is 4.47. The van der Waals surface area contributed by atoms with Gasteiger partial charge in [-0.2, -0.15) is 0 Å². The van der Waals surface area contributed by atoms with E-state index in [2.05, 4.69) is 5.32 Å². The number of phenols is 2. The second kappa shape index (κ2) is 6.60. The molecule has 7 heteroatoms. The molecule has 0 aliphatic rings. The summed E-state index contributed by atoms with van der Waals surface area (Å²) in [5.41, 5.74) is -0.0924. The molecular weight excluding hydrogens is 254 g/mol. The van der Waals surface area contributed by atoms with Crippen LogP contribution in [-0.4, -0.2) is 47.0 Å². The van der Waals surface area contributed by atoms with Crippen LogP contribution in [0.3, 0.4) is 0 Å². The first-order valence-corrected chi connectivity index (χ1v) is 5.48. The summed E-state index contributed by atoms with van der Waals surface area (Å²) in [5.74, 6) is -2.10. The lowest BCUT2D eigenvalue weighted by Gasteiger charge is -2.14. The van der Waals surface area contributed by atoms with Crippen molar-refractivity contribution >= 4 is 11.9 Å². The average molecular weight is 269 g/mol. The molecule has 0 saturated carbocycles. The number of phenolic OH excluding ortho intramolecular Hbond substituents is 2. The third-order valence-electron chi connectivity index (χ3n) is 2.45. The molecular formula is C12H15NO6. The molecule has 0 bridgehead atoms. The van der Waals surface area contributed by atoms with Crippen LogP contribution in [0.1, 0.15) is 16.8 Å². The Morgan fingerprint density at radius 1 is 1.37 bits per heavy atom. The van der Waals surface area contributed by atoms with Crippen molar-refractivity contribution in [1.29, 1.82) is 0 Å². The van der Waals surface area contributed by atoms with Gasteiger partial charge in [-0.1, -0.05) is 0 Å². The van der Waals surface area contributed by atoms with Gasteiger partial charge >= 0.3 is 5.97 Å². The predicted octanol–water partition coefficient (Wildman–Crippen LogP) is 0.317. The molecule has 0 spiro atoms. The Morgan fingerprint density at radius 3 is 2.63 bits per heavy atom. The highest BCUT2D eigenvalue weighted by atomic mass is 16.5. The van der Waals surface area contributed by atoms with Crippen LogP contribution in [0.2, 0.25) is 0 Å². The maximum absolute atomic E-state index is 11.7. The summed E-state index contributed by atoms with van der Waals surface area (Å²) in [6, 6.07) is 3.55. The number of benzene rings is 1. The summed E-state index contributed by atoms with van der Waals surface area (Å²) in [4.78, 5) is 22.3. The van der Waals surface area contributed by atoms with Gasteiger partial charge in [-0.15, -0.1) is 0 Å². The van der Waals surface area contributed by atoms with E-state index in [9.17, 15) is 19.8 Å². The number of carbonyl (C=O) groups excluding carboxylic acids is 1. The topological polar surface area (TPSA) is 116 Å². The SMILES string of the molecule is COC(CNC(=O)c1cc(O)ccc1O)CC(=O)O. The van der Waals surface area contributed by atoms with E-state index in [-0.39, 0.29) is 30.0 Å². The van der Waals surface area contributed by atoms with Crippen LogP contribution in [0.4, 0.5) is 0 Å². The predicted molar refractivity (Wildman–Crippen MR) is 65.2 cm³/mol. The molecule has 7 nitrogen and oxygen atoms in total. The summed E-state index contributed by atoms with van der Waals surface area (Å²) in [6.45, 7) is -0.0171. The fourth-order valence-electron chi connectivity index (χ4n) is 1.44. The van der Waals surface area contributed by atoms with Gasteiger partial charge in [-0.25, -0.2) is 0 Å². The lowest BCUT2D eigenvalue weighted by molar-refractivity contribution is -0.139. The summed E-state index contributed by atoms with van der Waals surface area (Å²) in [7, 11) is 1.34. The Labute approximate surface area is 109 Å². The van der Waals surface area contributed by atoms with Gasteiger partial charge in [0.05, 0.1) is 18.1 Å². The van der Waals surface area contributed by atoms with Gasteiger partial charge in [0.15, 0.2) is 0 Å². The largest absolute Gasteiger partial charge is 0.508 e. The maximum Gasteiger partial charge on any atom is 0.306 e. The monoisotopic (exact) mass is 269 g/mol. The molecule has 0 fully saturated rings. The van der Waals surface area contributed by atoms with E-state index in [0.717, 1.165) is 6.07 Å². The smallest absolute Gasteiger partial charge is 0.306 e. The van der Waals surface area contributed by atoms with Crippen molar-refractivity contribution in [2.75, 3.05) is 13.7 Å². The van der Waals surface area contributed by atoms with Crippen molar-refractivity contribution in [1.82, 2.24) is 5.32 Å². The van der Waals surface area contributed by atoms with Crippen LogP contribution in [0.15, 0.2) is 18.2 Å². The zero-order valence-electron chi connectivity index (χ0n) is 10.3. The number of rotatable bonds is 6. The Balaban J connectivity index is 2.64. The summed E-state index contributed by atoms with van der Waals surface area (Å²) in [5, 5.41) is 29.7. The van der Waals surface area contributed by atoms with Crippen LogP contribution in [-0.2, 0) is 9.53 Å². The van der Waals surface area contributed by atoms with Crippen molar-refractivity contribution in [3.8, 4) is 11.5 Å². The van der Waals surface area contributed by atoms with Crippen molar-refractivity contribution in [2.45, 2.75) is 12.5 Å². The maximum atomic E-state index is 11.7. The zero-order valence-corrected chi connectivity index (χ0v) is 10.3. The molecule has 0 saturated heterocycles. The minimum Gasteiger partial charge on any atom is -0.508 e. The quantitative estimate of drug-likeness (QED) is 0.553. The van der Waals surface area contributed by atoms with E-state index in [4.69, 9.17) is 9.84 Å². The fourth-order valence-corrected chi connectivity index (χ4v) is 1.44. The Bertz CT molecular complexity index is 473. The molecule has 0 aromatic heterocycles. The Hall–Kier alpha value is -2.28. The summed E-state index contributed by atoms with van der Waals surface area (Å²) in [6.07, 6.45) is -0.913. The van der Waals surface area contributed by atoms with Gasteiger partial charge in [-0.05, 0) is 18.2 Å². The van der Waals surface area contributed by atoms with E-state index in [1.807, 2.05) is 0 Å². The average Bonchev–Trinajstić information content (AvgIpc) is 2.36. The highest BCUT2D eigenvalue weighted by Gasteiger charge is 2.16. The van der Waals surface area contributed by atoms with E-state index in [1.165, 1.54) is 19.2 Å². The standard InChI is InChI=1S/C12H15NO6/c1-19-8(5-11(16)17)6-13-12(18)9-4-7(14)2-3-10(9)15/h2-4,8,14-15H,5-6H2,1H3,(H,13,18)(H,16,17). The number of hydrogen-bond acceptors (Lipinski definition) is 5. The number of carboxylic acid groups (broad SMARTS) is 1. The van der Waals surface area contributed by atoms with Crippen molar-refractivity contribution < 1.29 is 29.6 Å². The molecule has 1 aromatic rings. The van der Waals surface area contributed by atoms with E-state index in [0.29, 0.717) is 0 Å². The van der Waals surface area contributed by atoms with Gasteiger partial charge < -0.3 is 25.4 Å². The van der Waals surface area contributed by atoms with Crippen LogP contribution in [0.5, 0.6) is 11.5 Å². The second-order valence-electron chi connectivity index (χ2n) is 3.87. The van der Waals surface area contributed by atoms with Crippen LogP contribution >= 0.6 is 0 Å². The molecule has 0 heterocycles. The van der Waals surface area contributed by atoms with E-state index < -0.39 is 18.0 Å². The van der Waals surface area contributed by atoms with Crippen LogP contribution in [0.25, 0.3) is 0 Å². The number of aliphatic carboxylic acids is 1. The fraction of sp³-hybridized carbons (Fsp3) is 0.333. The number of methoxy groups -OCH3 is 1. The lowest BCUT2D eigenvalue weighted by Crippen LogP contribution is -2.34. The minimum atomic E-state index is -1.04. The number of amides is 1. The molecule has 1 amide bonds. The van der Waals surface area contributed by atoms with Gasteiger partial charge in [0, 0.05) is 13.7 Å². The summed E-state index contributed by atoms with van der Waals surface area (Å²) < 4.78 is 4.89. The van der Waals surface area contributed by atoms with Crippen LogP contribution in [0, 0.1) is 0 Å². The Morgan fingerprint density at radius 2 is 2.05 bits per heavy atom. The van der Waals surface area contributed by atoms with Gasteiger partial charge in [0.25, 0.3) is 5.91 Å². The summed E-state index contributed by atoms with van der Waals surface area (Å²) >= 11 is 0. The van der Waals surface area contributed by atoms with Gasteiger partial charge in [0.1, 0.15) is 11.5 Å². The molecule has 0 aliphatic heterocycles. The van der Waals surface area contributed by atoms with Crippen molar-refractivity contribution in [3.05, 3.63) is 23.8 Å². The van der Waals surface area contributed by atoms with Gasteiger partial charge in [0.2, 0.25) is 0 Å². The minimum absolute atomic E-state index is 0.0171.